The number of ether oxygens (including phenoxy) is 4. The summed E-state index contributed by atoms with van der Waals surface area (Å²) in [5.74, 6) is -1.34. The standard InChI is InChI=1S/C83H162O17P2/c1-6-10-13-16-19-21-23-25-27-29-31-33-35-37-39-41-43-45-47-53-58-63-68-82(87)99-79(73-94-81(86)67-62-57-52-46-44-42-40-38-36-34-32-30-28-26-24-22-20-17-14-11-7-2)75-98-102(91,92)96-71-77(84)70-95-101(89,90)97-74-78(72-93-80(85)66-61-56-50-18-15-12-8-3)100-83(88)69-64-59-54-49-48-51-55-60-65-76(5)9-4/h76-79,84H,6-75H2,1-5H3,(H,89,90)(H,91,92)/t76?,77-,78+,79+/m0/s1. The zero-order chi connectivity index (χ0) is 74.8. The molecule has 606 valence electrons. The maximum Gasteiger partial charge on any atom is 0.472 e. The molecular weight excluding hydrogens is 1330 g/mol. The van der Waals surface area contributed by atoms with E-state index in [1.54, 1.807) is 0 Å². The van der Waals surface area contributed by atoms with Gasteiger partial charge >= 0.3 is 39.5 Å². The van der Waals surface area contributed by atoms with Crippen molar-refractivity contribution in [1.82, 2.24) is 0 Å². The fraction of sp³-hybridized carbons (Fsp3) is 0.952. The Labute approximate surface area is 626 Å². The molecule has 0 heterocycles. The van der Waals surface area contributed by atoms with Crippen LogP contribution in [-0.2, 0) is 65.4 Å². The van der Waals surface area contributed by atoms with Crippen LogP contribution < -0.4 is 0 Å². The lowest BCUT2D eigenvalue weighted by Crippen LogP contribution is -2.30. The lowest BCUT2D eigenvalue weighted by atomic mass is 9.99. The SMILES string of the molecule is CCCCCCCCCCCCCCCCCCCCCCCCC(=O)O[C@H](COC(=O)CCCCCCCCCCCCCCCCCCCCCCC)COP(=O)(O)OC[C@@H](O)COP(=O)(O)OC[C@@H](COC(=O)CCCCCCCCC)OC(=O)CCCCCCCCCCC(C)CC. The molecule has 0 saturated carbocycles. The normalized spacial score (nSPS) is 14.1. The van der Waals surface area contributed by atoms with Gasteiger partial charge in [0.05, 0.1) is 26.4 Å². The van der Waals surface area contributed by atoms with E-state index in [9.17, 15) is 43.2 Å². The summed E-state index contributed by atoms with van der Waals surface area (Å²) in [5.41, 5.74) is 0. The Bertz CT molecular complexity index is 1950. The fourth-order valence-corrected chi connectivity index (χ4v) is 14.5. The van der Waals surface area contributed by atoms with Gasteiger partial charge in [-0.25, -0.2) is 9.13 Å². The molecule has 0 aliphatic carbocycles. The van der Waals surface area contributed by atoms with E-state index in [0.29, 0.717) is 25.7 Å². The second kappa shape index (κ2) is 75.9. The van der Waals surface area contributed by atoms with Gasteiger partial charge in [0.2, 0.25) is 0 Å². The smallest absolute Gasteiger partial charge is 0.462 e. The highest BCUT2D eigenvalue weighted by Crippen LogP contribution is 2.45. The average molecular weight is 1490 g/mol. The first-order valence-electron chi connectivity index (χ1n) is 43.2. The number of rotatable bonds is 83. The van der Waals surface area contributed by atoms with E-state index in [-0.39, 0.29) is 25.7 Å². The minimum absolute atomic E-state index is 0.105. The maximum absolute atomic E-state index is 13.1. The minimum atomic E-state index is -4.96. The molecule has 0 aromatic heterocycles. The topological polar surface area (TPSA) is 237 Å². The summed E-state index contributed by atoms with van der Waals surface area (Å²) >= 11 is 0. The van der Waals surface area contributed by atoms with Crippen molar-refractivity contribution in [3.8, 4) is 0 Å². The molecule has 0 aliphatic rings. The summed E-state index contributed by atoms with van der Waals surface area (Å²) in [6.45, 7) is 7.28. The summed E-state index contributed by atoms with van der Waals surface area (Å²) in [4.78, 5) is 72.9. The van der Waals surface area contributed by atoms with Crippen molar-refractivity contribution in [2.45, 2.75) is 464 Å². The van der Waals surface area contributed by atoms with Crippen molar-refractivity contribution in [2.24, 2.45) is 5.92 Å². The van der Waals surface area contributed by atoms with E-state index >= 15 is 0 Å². The van der Waals surface area contributed by atoms with Gasteiger partial charge in [0.25, 0.3) is 0 Å². The summed E-state index contributed by atoms with van der Waals surface area (Å²) in [6.07, 6.45) is 68.5. The van der Waals surface area contributed by atoms with Gasteiger partial charge in [0, 0.05) is 25.7 Å². The Morgan fingerprint density at radius 2 is 0.471 bits per heavy atom. The summed E-state index contributed by atoms with van der Waals surface area (Å²) < 4.78 is 68.6. The predicted octanol–water partition coefficient (Wildman–Crippen LogP) is 25.2. The number of phosphoric acid groups is 2. The molecule has 3 unspecified atom stereocenters. The highest BCUT2D eigenvalue weighted by molar-refractivity contribution is 7.47. The van der Waals surface area contributed by atoms with Gasteiger partial charge in [-0.1, -0.05) is 394 Å². The lowest BCUT2D eigenvalue weighted by molar-refractivity contribution is -0.161. The number of unbranched alkanes of at least 4 members (excludes halogenated alkanes) is 54. The van der Waals surface area contributed by atoms with Crippen LogP contribution in [0.5, 0.6) is 0 Å². The van der Waals surface area contributed by atoms with Crippen LogP contribution in [0.3, 0.4) is 0 Å². The van der Waals surface area contributed by atoms with Crippen LogP contribution >= 0.6 is 15.6 Å². The molecule has 0 bridgehead atoms. The lowest BCUT2D eigenvalue weighted by Gasteiger charge is -2.21. The quantitative estimate of drug-likeness (QED) is 0.0222. The number of hydrogen-bond donors (Lipinski definition) is 3. The van der Waals surface area contributed by atoms with Gasteiger partial charge in [-0.3, -0.25) is 37.3 Å². The number of hydrogen-bond acceptors (Lipinski definition) is 15. The van der Waals surface area contributed by atoms with Crippen LogP contribution in [0, 0.1) is 5.92 Å². The monoisotopic (exact) mass is 1490 g/mol. The first-order valence-corrected chi connectivity index (χ1v) is 46.2. The Hall–Kier alpha value is -1.94. The molecule has 0 rings (SSSR count). The molecule has 0 fully saturated rings. The van der Waals surface area contributed by atoms with Crippen LogP contribution in [0.4, 0.5) is 0 Å². The molecule has 0 amide bonds. The minimum Gasteiger partial charge on any atom is -0.462 e. The van der Waals surface area contributed by atoms with Gasteiger partial charge in [0.15, 0.2) is 12.2 Å². The highest BCUT2D eigenvalue weighted by Gasteiger charge is 2.30. The highest BCUT2D eigenvalue weighted by atomic mass is 31.2. The molecule has 0 radical (unpaired) electrons. The molecule has 0 saturated heterocycles. The van der Waals surface area contributed by atoms with Crippen LogP contribution in [0.1, 0.15) is 446 Å². The molecule has 0 aliphatic heterocycles. The largest absolute Gasteiger partial charge is 0.472 e. The Kier molecular flexibility index (Phi) is 74.4. The van der Waals surface area contributed by atoms with Crippen molar-refractivity contribution >= 4 is 39.5 Å². The van der Waals surface area contributed by atoms with E-state index in [1.165, 1.54) is 257 Å². The zero-order valence-electron chi connectivity index (χ0n) is 66.8. The summed E-state index contributed by atoms with van der Waals surface area (Å²) in [6, 6.07) is 0. The van der Waals surface area contributed by atoms with Gasteiger partial charge in [-0.05, 0) is 31.6 Å². The molecule has 0 aromatic carbocycles. The fourth-order valence-electron chi connectivity index (χ4n) is 12.9. The van der Waals surface area contributed by atoms with Crippen LogP contribution in [0.2, 0.25) is 0 Å². The first-order chi connectivity index (χ1) is 49.6. The van der Waals surface area contributed by atoms with Crippen molar-refractivity contribution in [2.75, 3.05) is 39.6 Å². The number of esters is 4. The van der Waals surface area contributed by atoms with Crippen molar-refractivity contribution < 1.29 is 80.2 Å². The number of aliphatic hydroxyl groups is 1. The van der Waals surface area contributed by atoms with E-state index < -0.39 is 97.5 Å². The molecule has 0 spiro atoms. The average Bonchev–Trinajstić information content (AvgIpc) is 1.09. The van der Waals surface area contributed by atoms with E-state index in [4.69, 9.17) is 37.0 Å². The third kappa shape index (κ3) is 74.9. The number of aliphatic hydroxyl groups excluding tert-OH is 1. The molecule has 17 nitrogen and oxygen atoms in total. The molecule has 6 atom stereocenters. The molecule has 102 heavy (non-hydrogen) atoms. The third-order valence-corrected chi connectivity index (χ3v) is 21.8. The van der Waals surface area contributed by atoms with Gasteiger partial charge in [-0.15, -0.1) is 0 Å². The summed E-state index contributed by atoms with van der Waals surface area (Å²) in [7, 11) is -9.91. The van der Waals surface area contributed by atoms with Gasteiger partial charge in [0.1, 0.15) is 19.3 Å². The van der Waals surface area contributed by atoms with E-state index in [1.807, 2.05) is 0 Å². The Morgan fingerprint density at radius 3 is 0.696 bits per heavy atom. The Balaban J connectivity index is 5.14. The molecule has 0 aromatic rings. The molecule has 3 N–H and O–H groups in total. The molecular formula is C83H162O17P2. The van der Waals surface area contributed by atoms with Crippen LogP contribution in [0.15, 0.2) is 0 Å². The van der Waals surface area contributed by atoms with Gasteiger partial charge in [-0.2, -0.15) is 0 Å². The van der Waals surface area contributed by atoms with Gasteiger partial charge < -0.3 is 33.8 Å². The second-order valence-corrected chi connectivity index (χ2v) is 33.0. The van der Waals surface area contributed by atoms with Crippen LogP contribution in [-0.4, -0.2) is 96.7 Å². The first kappa shape index (κ1) is 100. The van der Waals surface area contributed by atoms with E-state index in [2.05, 4.69) is 34.6 Å². The maximum atomic E-state index is 13.1. The van der Waals surface area contributed by atoms with Crippen molar-refractivity contribution in [3.63, 3.8) is 0 Å². The zero-order valence-corrected chi connectivity index (χ0v) is 68.5. The predicted molar refractivity (Wildman–Crippen MR) is 418 cm³/mol. The van der Waals surface area contributed by atoms with E-state index in [0.717, 1.165) is 109 Å². The second-order valence-electron chi connectivity index (χ2n) is 30.1. The summed E-state index contributed by atoms with van der Waals surface area (Å²) in [5, 5.41) is 10.6. The third-order valence-electron chi connectivity index (χ3n) is 19.9. The van der Waals surface area contributed by atoms with Crippen LogP contribution in [0.25, 0.3) is 0 Å². The Morgan fingerprint density at radius 1 is 0.275 bits per heavy atom. The van der Waals surface area contributed by atoms with Crippen molar-refractivity contribution in [3.05, 3.63) is 0 Å². The van der Waals surface area contributed by atoms with Crippen molar-refractivity contribution in [1.29, 1.82) is 0 Å². The number of carbonyl (C=O) groups is 4. The number of carbonyl (C=O) groups excluding carboxylic acids is 4. The molecule has 19 heteroatoms. The number of phosphoric ester groups is 2.